The molecule has 0 spiro atoms. The van der Waals surface area contributed by atoms with E-state index in [4.69, 9.17) is 0 Å². The molecule has 0 radical (unpaired) electrons. The highest BCUT2D eigenvalue weighted by Gasteiger charge is 2.03. The summed E-state index contributed by atoms with van der Waals surface area (Å²) in [4.78, 5) is 36.3. The molecule has 0 aliphatic rings. The number of esters is 1. The Kier molecular flexibility index (Phi) is 10.2. The van der Waals surface area contributed by atoms with Gasteiger partial charge < -0.3 is 9.64 Å². The van der Waals surface area contributed by atoms with Crippen LogP contribution in [0.25, 0.3) is 0 Å². The first-order chi connectivity index (χ1) is 12.9. The van der Waals surface area contributed by atoms with Crippen LogP contribution in [0.3, 0.4) is 0 Å². The summed E-state index contributed by atoms with van der Waals surface area (Å²) in [7, 11) is 5.27. The van der Waals surface area contributed by atoms with E-state index in [2.05, 4.69) is 4.74 Å². The second-order valence-corrected chi connectivity index (χ2v) is 6.17. The molecule has 0 aliphatic carbocycles. The molecule has 5 heteroatoms. The zero-order valence-electron chi connectivity index (χ0n) is 16.2. The van der Waals surface area contributed by atoms with Crippen LogP contribution in [0.2, 0.25) is 0 Å². The molecule has 0 aliphatic heterocycles. The van der Waals surface area contributed by atoms with E-state index < -0.39 is 5.97 Å². The number of benzene rings is 1. The zero-order chi connectivity index (χ0) is 20.1. The highest BCUT2D eigenvalue weighted by molar-refractivity contribution is 5.92. The van der Waals surface area contributed by atoms with Crippen LogP contribution in [0.15, 0.2) is 60.7 Å². The summed E-state index contributed by atoms with van der Waals surface area (Å²) in [5.41, 5.74) is 2.26. The summed E-state index contributed by atoms with van der Waals surface area (Å²) in [6.07, 6.45) is 10.9. The van der Waals surface area contributed by atoms with Gasteiger partial charge in [0.2, 0.25) is 0 Å². The number of rotatable bonds is 11. The second kappa shape index (κ2) is 12.4. The summed E-state index contributed by atoms with van der Waals surface area (Å²) in [6.45, 7) is 0. The number of nitrogens with zero attached hydrogens (tertiary/aromatic N) is 1. The van der Waals surface area contributed by atoms with Gasteiger partial charge in [-0.3, -0.25) is 14.4 Å². The molecule has 1 rings (SSSR count). The molecule has 0 bridgehead atoms. The molecule has 1 aromatic rings. The SMILES string of the molecule is COC(=O)CCC(=O)C=CC=CC=CC(=O)CCc1ccc(N(C)C)cc1. The van der Waals surface area contributed by atoms with Crippen molar-refractivity contribution in [2.24, 2.45) is 0 Å². The third-order valence-electron chi connectivity index (χ3n) is 3.81. The predicted molar refractivity (Wildman–Crippen MR) is 108 cm³/mol. The summed E-state index contributed by atoms with van der Waals surface area (Å²) < 4.78 is 4.47. The Morgan fingerprint density at radius 2 is 1.41 bits per heavy atom. The summed E-state index contributed by atoms with van der Waals surface area (Å²) in [5.74, 6) is -0.498. The number of ether oxygens (including phenoxy) is 1. The molecule has 0 atom stereocenters. The van der Waals surface area contributed by atoms with Crippen molar-refractivity contribution >= 4 is 23.2 Å². The van der Waals surface area contributed by atoms with Gasteiger partial charge in [-0.25, -0.2) is 0 Å². The Morgan fingerprint density at radius 1 is 0.852 bits per heavy atom. The van der Waals surface area contributed by atoms with Gasteiger partial charge >= 0.3 is 5.97 Å². The molecule has 144 valence electrons. The summed E-state index contributed by atoms with van der Waals surface area (Å²) in [6, 6.07) is 8.15. The molecule has 0 unspecified atom stereocenters. The molecule has 1 aromatic carbocycles. The van der Waals surface area contributed by atoms with Crippen LogP contribution in [0.4, 0.5) is 5.69 Å². The predicted octanol–water partition coefficient (Wildman–Crippen LogP) is 3.45. The molecule has 5 nitrogen and oxygen atoms in total. The lowest BCUT2D eigenvalue weighted by Gasteiger charge is -2.12. The average molecular weight is 369 g/mol. The van der Waals surface area contributed by atoms with Crippen molar-refractivity contribution in [3.63, 3.8) is 0 Å². The number of methoxy groups -OCH3 is 1. The molecule has 0 heterocycles. The van der Waals surface area contributed by atoms with Gasteiger partial charge in [0.1, 0.15) is 0 Å². The Bertz CT molecular complexity index is 712. The van der Waals surface area contributed by atoms with Gasteiger partial charge in [0.25, 0.3) is 0 Å². The maximum atomic E-state index is 11.9. The first-order valence-electron chi connectivity index (χ1n) is 8.82. The number of aryl methyl sites for hydroxylation is 1. The van der Waals surface area contributed by atoms with E-state index >= 15 is 0 Å². The number of carbonyl (C=O) groups excluding carboxylic acids is 3. The van der Waals surface area contributed by atoms with Gasteiger partial charge in [-0.2, -0.15) is 0 Å². The van der Waals surface area contributed by atoms with E-state index in [9.17, 15) is 14.4 Å². The fourth-order valence-electron chi connectivity index (χ4n) is 2.18. The molecular weight excluding hydrogens is 342 g/mol. The second-order valence-electron chi connectivity index (χ2n) is 6.17. The first kappa shape index (κ1) is 22.1. The minimum absolute atomic E-state index is 0.0504. The molecule has 0 N–H and O–H groups in total. The van der Waals surface area contributed by atoms with Crippen molar-refractivity contribution in [2.75, 3.05) is 26.1 Å². The van der Waals surface area contributed by atoms with Gasteiger partial charge in [-0.05, 0) is 36.3 Å². The van der Waals surface area contributed by atoms with E-state index in [1.54, 1.807) is 24.3 Å². The van der Waals surface area contributed by atoms with Crippen LogP contribution < -0.4 is 4.90 Å². The Hall–Kier alpha value is -2.95. The molecule has 0 saturated heterocycles. The quantitative estimate of drug-likeness (QED) is 0.340. The standard InChI is InChI=1S/C22H27NO4/c1-23(2)19-13-10-18(11-14-19)12-15-20(24)8-6-4-5-7-9-21(25)16-17-22(26)27-3/h4-11,13-14H,12,15-17H2,1-3H3. The topological polar surface area (TPSA) is 63.7 Å². The fraction of sp³-hybridized carbons (Fsp3) is 0.318. The summed E-state index contributed by atoms with van der Waals surface area (Å²) in [5, 5.41) is 0. The molecule has 27 heavy (non-hydrogen) atoms. The number of anilines is 1. The van der Waals surface area contributed by atoms with Gasteiger partial charge in [-0.1, -0.05) is 36.4 Å². The van der Waals surface area contributed by atoms with Crippen molar-refractivity contribution in [1.29, 1.82) is 0 Å². The van der Waals surface area contributed by atoms with Crippen molar-refractivity contribution in [2.45, 2.75) is 25.7 Å². The minimum Gasteiger partial charge on any atom is -0.469 e. The maximum absolute atomic E-state index is 11.9. The third kappa shape index (κ3) is 9.94. The van der Waals surface area contributed by atoms with Crippen molar-refractivity contribution < 1.29 is 19.1 Å². The lowest BCUT2D eigenvalue weighted by atomic mass is 10.1. The molecular formula is C22H27NO4. The fourth-order valence-corrected chi connectivity index (χ4v) is 2.18. The molecule has 0 saturated carbocycles. The van der Waals surface area contributed by atoms with Crippen LogP contribution in [0.1, 0.15) is 24.8 Å². The van der Waals surface area contributed by atoms with Crippen LogP contribution in [0, 0.1) is 0 Å². The van der Waals surface area contributed by atoms with Crippen molar-refractivity contribution in [1.82, 2.24) is 0 Å². The number of ketones is 2. The first-order valence-corrected chi connectivity index (χ1v) is 8.82. The van der Waals surface area contributed by atoms with E-state index in [-0.39, 0.29) is 24.4 Å². The molecule has 0 aromatic heterocycles. The van der Waals surface area contributed by atoms with Crippen LogP contribution in [0.5, 0.6) is 0 Å². The number of hydrogen-bond acceptors (Lipinski definition) is 5. The zero-order valence-corrected chi connectivity index (χ0v) is 16.2. The molecule has 0 fully saturated rings. The van der Waals surface area contributed by atoms with E-state index in [1.165, 1.54) is 19.3 Å². The normalized spacial score (nSPS) is 11.4. The molecule has 0 amide bonds. The van der Waals surface area contributed by atoms with Crippen molar-refractivity contribution in [3.05, 3.63) is 66.3 Å². The third-order valence-corrected chi connectivity index (χ3v) is 3.81. The Morgan fingerprint density at radius 3 is 1.93 bits per heavy atom. The Labute approximate surface area is 161 Å². The lowest BCUT2D eigenvalue weighted by molar-refractivity contribution is -0.141. The average Bonchev–Trinajstić information content (AvgIpc) is 2.67. The van der Waals surface area contributed by atoms with Crippen molar-refractivity contribution in [3.8, 4) is 0 Å². The number of hydrogen-bond donors (Lipinski definition) is 0. The Balaban J connectivity index is 2.30. The smallest absolute Gasteiger partial charge is 0.305 e. The lowest BCUT2D eigenvalue weighted by Crippen LogP contribution is -2.08. The number of carbonyl (C=O) groups is 3. The van der Waals surface area contributed by atoms with Gasteiger partial charge in [0, 0.05) is 32.6 Å². The maximum Gasteiger partial charge on any atom is 0.305 e. The van der Waals surface area contributed by atoms with Gasteiger partial charge in [-0.15, -0.1) is 0 Å². The highest BCUT2D eigenvalue weighted by Crippen LogP contribution is 2.13. The van der Waals surface area contributed by atoms with Crippen LogP contribution in [-0.4, -0.2) is 38.7 Å². The van der Waals surface area contributed by atoms with E-state index in [0.717, 1.165) is 11.3 Å². The van der Waals surface area contributed by atoms with Crippen LogP contribution in [-0.2, 0) is 25.5 Å². The van der Waals surface area contributed by atoms with E-state index in [0.29, 0.717) is 12.8 Å². The highest BCUT2D eigenvalue weighted by atomic mass is 16.5. The monoisotopic (exact) mass is 369 g/mol. The minimum atomic E-state index is -0.401. The van der Waals surface area contributed by atoms with E-state index in [1.807, 2.05) is 43.3 Å². The van der Waals surface area contributed by atoms with Gasteiger partial charge in [0.05, 0.1) is 13.5 Å². The summed E-state index contributed by atoms with van der Waals surface area (Å²) >= 11 is 0. The number of allylic oxidation sites excluding steroid dienone is 6. The van der Waals surface area contributed by atoms with Gasteiger partial charge in [0.15, 0.2) is 11.6 Å². The van der Waals surface area contributed by atoms with Crippen LogP contribution >= 0.6 is 0 Å². The largest absolute Gasteiger partial charge is 0.469 e.